The van der Waals surface area contributed by atoms with E-state index in [0.29, 0.717) is 10.6 Å². The van der Waals surface area contributed by atoms with Gasteiger partial charge in [0.2, 0.25) is 0 Å². The maximum absolute atomic E-state index is 12.6. The van der Waals surface area contributed by atoms with Crippen molar-refractivity contribution in [3.05, 3.63) is 65.5 Å². The second-order valence-corrected chi connectivity index (χ2v) is 6.23. The fraction of sp³-hybridized carbons (Fsp3) is 0.105. The molecule has 0 fully saturated rings. The van der Waals surface area contributed by atoms with Gasteiger partial charge in [-0.25, -0.2) is 15.2 Å². The Kier molecular flexibility index (Phi) is 5.60. The number of hydrogen-bond acceptors (Lipinski definition) is 5. The Morgan fingerprint density at radius 2 is 1.58 bits per heavy atom. The summed E-state index contributed by atoms with van der Waals surface area (Å²) in [6.07, 6.45) is -0.713. The van der Waals surface area contributed by atoms with Crippen molar-refractivity contribution in [1.82, 2.24) is 15.8 Å². The minimum Gasteiger partial charge on any atom is -0.449 e. The summed E-state index contributed by atoms with van der Waals surface area (Å²) in [7, 11) is 0. The van der Waals surface area contributed by atoms with Crippen molar-refractivity contribution in [2.75, 3.05) is 6.61 Å². The molecule has 0 atom stereocenters. The van der Waals surface area contributed by atoms with E-state index >= 15 is 0 Å². The monoisotopic (exact) mass is 367 g/mol. The highest BCUT2D eigenvalue weighted by Crippen LogP contribution is 2.33. The van der Waals surface area contributed by atoms with Crippen LogP contribution in [0.4, 0.5) is 4.79 Å². The van der Waals surface area contributed by atoms with Gasteiger partial charge in [0.05, 0.1) is 12.3 Å². The topological polar surface area (TPSA) is 80.3 Å². The first-order valence-electron chi connectivity index (χ1n) is 8.03. The van der Waals surface area contributed by atoms with Crippen molar-refractivity contribution < 1.29 is 14.3 Å². The largest absolute Gasteiger partial charge is 0.449 e. The van der Waals surface area contributed by atoms with E-state index in [2.05, 4.69) is 15.8 Å². The number of thiazole rings is 1. The first-order chi connectivity index (χ1) is 12.7. The normalized spacial score (nSPS) is 10.2. The van der Waals surface area contributed by atoms with Crippen LogP contribution in [0.15, 0.2) is 60.7 Å². The molecule has 0 aliphatic rings. The molecular formula is C19H17N3O3S. The fourth-order valence-electron chi connectivity index (χ4n) is 2.30. The number of rotatable bonds is 4. The van der Waals surface area contributed by atoms with Gasteiger partial charge in [-0.05, 0) is 6.92 Å². The van der Waals surface area contributed by atoms with E-state index in [4.69, 9.17) is 4.74 Å². The quantitative estimate of drug-likeness (QED) is 0.686. The summed E-state index contributed by atoms with van der Waals surface area (Å²) in [5, 5.41) is 0.728. The van der Waals surface area contributed by atoms with Crippen LogP contribution in [-0.2, 0) is 4.74 Å². The van der Waals surface area contributed by atoms with Gasteiger partial charge in [-0.3, -0.25) is 10.2 Å². The lowest BCUT2D eigenvalue weighted by atomic mass is 10.1. The Morgan fingerprint density at radius 3 is 2.19 bits per heavy atom. The number of nitrogens with one attached hydrogen (secondary N) is 2. The molecule has 0 spiro atoms. The maximum atomic E-state index is 12.6. The lowest BCUT2D eigenvalue weighted by Gasteiger charge is -2.07. The van der Waals surface area contributed by atoms with Crippen LogP contribution < -0.4 is 10.9 Å². The molecular weight excluding hydrogens is 350 g/mol. The van der Waals surface area contributed by atoms with Crippen molar-refractivity contribution in [1.29, 1.82) is 0 Å². The minimum absolute atomic E-state index is 0.218. The molecule has 2 amide bonds. The number of amides is 2. The summed E-state index contributed by atoms with van der Waals surface area (Å²) in [4.78, 5) is 29.0. The summed E-state index contributed by atoms with van der Waals surface area (Å²) in [5.74, 6) is -0.448. The van der Waals surface area contributed by atoms with Crippen molar-refractivity contribution in [2.24, 2.45) is 0 Å². The number of aromatic nitrogens is 1. The second-order valence-electron chi connectivity index (χ2n) is 5.23. The third kappa shape index (κ3) is 4.07. The SMILES string of the molecule is CCOC(=O)NNC(=O)c1sc(-c2ccccc2)nc1-c1ccccc1. The number of carbonyl (C=O) groups excluding carboxylic acids is 2. The van der Waals surface area contributed by atoms with Crippen LogP contribution in [0.1, 0.15) is 16.6 Å². The second kappa shape index (κ2) is 8.26. The summed E-state index contributed by atoms with van der Waals surface area (Å²) >= 11 is 1.27. The molecule has 26 heavy (non-hydrogen) atoms. The van der Waals surface area contributed by atoms with E-state index in [-0.39, 0.29) is 6.61 Å². The summed E-state index contributed by atoms with van der Waals surface area (Å²) < 4.78 is 4.74. The molecule has 132 valence electrons. The number of ether oxygens (including phenoxy) is 1. The predicted octanol–water partition coefficient (Wildman–Crippen LogP) is 3.87. The molecule has 0 aliphatic carbocycles. The van der Waals surface area contributed by atoms with Crippen molar-refractivity contribution in [2.45, 2.75) is 6.92 Å². The highest BCUT2D eigenvalue weighted by molar-refractivity contribution is 7.17. The smallest absolute Gasteiger partial charge is 0.426 e. The molecule has 0 radical (unpaired) electrons. The van der Waals surface area contributed by atoms with Gasteiger partial charge < -0.3 is 4.74 Å². The molecule has 0 unspecified atom stereocenters. The molecule has 7 heteroatoms. The molecule has 1 aromatic heterocycles. The molecule has 0 saturated carbocycles. The van der Waals surface area contributed by atoms with E-state index < -0.39 is 12.0 Å². The van der Waals surface area contributed by atoms with Crippen LogP contribution in [-0.4, -0.2) is 23.6 Å². The molecule has 2 N–H and O–H groups in total. The first-order valence-corrected chi connectivity index (χ1v) is 8.85. The van der Waals surface area contributed by atoms with Crippen molar-refractivity contribution >= 4 is 23.3 Å². The number of carbonyl (C=O) groups is 2. The zero-order valence-electron chi connectivity index (χ0n) is 14.1. The molecule has 0 bridgehead atoms. The van der Waals surface area contributed by atoms with Crippen LogP contribution in [0.5, 0.6) is 0 Å². The van der Waals surface area contributed by atoms with Crippen molar-refractivity contribution in [3.8, 4) is 21.8 Å². The highest BCUT2D eigenvalue weighted by Gasteiger charge is 2.20. The third-order valence-electron chi connectivity index (χ3n) is 3.45. The molecule has 0 saturated heterocycles. The standard InChI is InChI=1S/C19H17N3O3S/c1-2-25-19(24)22-21-17(23)16-15(13-9-5-3-6-10-13)20-18(26-16)14-11-7-4-8-12-14/h3-12H,2H2,1H3,(H,21,23)(H,22,24). The van der Waals surface area contributed by atoms with Crippen LogP contribution in [0.2, 0.25) is 0 Å². The van der Waals surface area contributed by atoms with Gasteiger partial charge in [0.25, 0.3) is 5.91 Å². The number of nitrogens with zero attached hydrogens (tertiary/aromatic N) is 1. The van der Waals surface area contributed by atoms with E-state index in [1.54, 1.807) is 6.92 Å². The Bertz CT molecular complexity index is 895. The minimum atomic E-state index is -0.713. The molecule has 3 rings (SSSR count). The average Bonchev–Trinajstić information content (AvgIpc) is 3.13. The lowest BCUT2D eigenvalue weighted by Crippen LogP contribution is -2.41. The van der Waals surface area contributed by atoms with Crippen LogP contribution in [0.25, 0.3) is 21.8 Å². The van der Waals surface area contributed by atoms with E-state index in [1.807, 2.05) is 60.7 Å². The van der Waals surface area contributed by atoms with Gasteiger partial charge in [0.15, 0.2) is 0 Å². The predicted molar refractivity (Wildman–Crippen MR) is 101 cm³/mol. The molecule has 2 aromatic carbocycles. The zero-order chi connectivity index (χ0) is 18.4. The van der Waals surface area contributed by atoms with Crippen LogP contribution in [0, 0.1) is 0 Å². The number of benzene rings is 2. The molecule has 0 aliphatic heterocycles. The van der Waals surface area contributed by atoms with Crippen LogP contribution >= 0.6 is 11.3 Å². The van der Waals surface area contributed by atoms with Gasteiger partial charge in [0.1, 0.15) is 9.88 Å². The number of hydrogen-bond donors (Lipinski definition) is 2. The molecule has 3 aromatic rings. The third-order valence-corrected chi connectivity index (χ3v) is 4.56. The van der Waals surface area contributed by atoms with E-state index in [1.165, 1.54) is 11.3 Å². The van der Waals surface area contributed by atoms with Crippen LogP contribution in [0.3, 0.4) is 0 Å². The molecule has 6 nitrogen and oxygen atoms in total. The highest BCUT2D eigenvalue weighted by atomic mass is 32.1. The van der Waals surface area contributed by atoms with Gasteiger partial charge in [0, 0.05) is 11.1 Å². The van der Waals surface area contributed by atoms with Gasteiger partial charge in [-0.15, -0.1) is 11.3 Å². The van der Waals surface area contributed by atoms with Crippen molar-refractivity contribution in [3.63, 3.8) is 0 Å². The maximum Gasteiger partial charge on any atom is 0.426 e. The van der Waals surface area contributed by atoms with Gasteiger partial charge in [-0.1, -0.05) is 60.7 Å². The number of hydrazine groups is 1. The average molecular weight is 367 g/mol. The Morgan fingerprint density at radius 1 is 0.962 bits per heavy atom. The Labute approximate surface area is 154 Å². The Hall–Kier alpha value is -3.19. The molecule has 1 heterocycles. The Balaban J connectivity index is 1.93. The fourth-order valence-corrected chi connectivity index (χ4v) is 3.29. The summed E-state index contributed by atoms with van der Waals surface area (Å²) in [5.41, 5.74) is 6.91. The van der Waals surface area contributed by atoms with Gasteiger partial charge in [-0.2, -0.15) is 0 Å². The van der Waals surface area contributed by atoms with Gasteiger partial charge >= 0.3 is 6.09 Å². The van der Waals surface area contributed by atoms with E-state index in [9.17, 15) is 9.59 Å². The lowest BCUT2D eigenvalue weighted by molar-refractivity contribution is 0.0917. The first kappa shape index (κ1) is 17.6. The van der Waals surface area contributed by atoms with E-state index in [0.717, 1.165) is 16.1 Å². The summed E-state index contributed by atoms with van der Waals surface area (Å²) in [6.45, 7) is 1.90. The summed E-state index contributed by atoms with van der Waals surface area (Å²) in [6, 6.07) is 19.1. The zero-order valence-corrected chi connectivity index (χ0v) is 14.9.